The van der Waals surface area contributed by atoms with Crippen molar-refractivity contribution in [3.8, 4) is 0 Å². The van der Waals surface area contributed by atoms with Gasteiger partial charge in [-0.1, -0.05) is 70.2 Å². The van der Waals surface area contributed by atoms with E-state index in [1.807, 2.05) is 26.0 Å². The number of fused-ring (bicyclic) bond motifs is 5. The van der Waals surface area contributed by atoms with Gasteiger partial charge >= 0.3 is 6.18 Å². The Bertz CT molecular complexity index is 1300. The Hall–Kier alpha value is -1.57. The van der Waals surface area contributed by atoms with Crippen LogP contribution in [-0.2, 0) is 15.1 Å². The largest absolute Gasteiger partial charge is 0.426 e. The molecule has 8 nitrogen and oxygen atoms in total. The normalized spacial score (nSPS) is 43.8. The molecule has 272 valence electrons. The number of aliphatic hydroxyl groups is 6. The highest BCUT2D eigenvalue weighted by molar-refractivity contribution is 5.26. The Balaban J connectivity index is 1.31. The topological polar surface area (TPSA) is 140 Å². The maximum absolute atomic E-state index is 14.4. The van der Waals surface area contributed by atoms with Gasteiger partial charge in [0.15, 0.2) is 6.29 Å². The fraction of sp³-hybridized carbons (Fsp3) is 0.784. The van der Waals surface area contributed by atoms with Gasteiger partial charge in [0.05, 0.1) is 36.1 Å². The minimum atomic E-state index is -4.97. The molecule has 16 atom stereocenters. The molecular weight excluding hydrogens is 629 g/mol. The molecule has 6 N–H and O–H groups in total. The minimum absolute atomic E-state index is 0.0219. The molecule has 0 heterocycles. The first-order valence-corrected chi connectivity index (χ1v) is 17.4. The van der Waals surface area contributed by atoms with Crippen LogP contribution in [0.25, 0.3) is 0 Å². The van der Waals surface area contributed by atoms with E-state index >= 15 is 0 Å². The number of ether oxygens (including phenoxy) is 2. The summed E-state index contributed by atoms with van der Waals surface area (Å²) in [7, 11) is 0.895. The van der Waals surface area contributed by atoms with Gasteiger partial charge in [0.25, 0.3) is 0 Å². The predicted molar refractivity (Wildman–Crippen MR) is 172 cm³/mol. The Labute approximate surface area is 282 Å². The summed E-state index contributed by atoms with van der Waals surface area (Å²) in [5, 5.41) is 67.6. The molecule has 48 heavy (non-hydrogen) atoms. The van der Waals surface area contributed by atoms with Gasteiger partial charge in [-0.3, -0.25) is 0 Å². The lowest BCUT2D eigenvalue weighted by atomic mass is 9.41. The van der Waals surface area contributed by atoms with E-state index in [0.29, 0.717) is 25.7 Å². The zero-order chi connectivity index (χ0) is 35.6. The second kappa shape index (κ2) is 13.2. The Morgan fingerprint density at radius 1 is 0.896 bits per heavy atom. The minimum Gasteiger partial charge on any atom is -0.393 e. The Kier molecular flexibility index (Phi) is 10.4. The van der Waals surface area contributed by atoms with Crippen molar-refractivity contribution >= 4 is 0 Å². The Morgan fingerprint density at radius 3 is 2.12 bits per heavy atom. The fourth-order valence-electron chi connectivity index (χ4n) is 11.0. The summed E-state index contributed by atoms with van der Waals surface area (Å²) in [6.45, 7) is 9.54. The van der Waals surface area contributed by atoms with Gasteiger partial charge in [-0.25, -0.2) is 0 Å². The second-order valence-corrected chi connectivity index (χ2v) is 16.0. The number of allylic oxidation sites excluding steroid dienone is 1. The molecule has 0 spiro atoms. The quantitative estimate of drug-likeness (QED) is 0.163. The zero-order valence-electron chi connectivity index (χ0n) is 28.8. The summed E-state index contributed by atoms with van der Waals surface area (Å²) in [6, 6.07) is 6.93. The third-order valence-corrected chi connectivity index (χ3v) is 13.5. The van der Waals surface area contributed by atoms with Crippen LogP contribution < -0.4 is 0 Å². The van der Waals surface area contributed by atoms with Crippen molar-refractivity contribution in [1.29, 1.82) is 0 Å². The number of methoxy groups -OCH3 is 1. The summed E-state index contributed by atoms with van der Waals surface area (Å²) in [5.74, 6) is -1.82. The number of alkyl halides is 3. The molecule has 4 saturated carbocycles. The molecule has 0 aromatic heterocycles. The van der Waals surface area contributed by atoms with Gasteiger partial charge < -0.3 is 40.1 Å². The average molecular weight is 685 g/mol. The van der Waals surface area contributed by atoms with E-state index < -0.39 is 82.8 Å². The molecule has 0 aliphatic heterocycles. The highest BCUT2D eigenvalue weighted by Crippen LogP contribution is 2.69. The third kappa shape index (κ3) is 5.78. The van der Waals surface area contributed by atoms with Gasteiger partial charge in [0.1, 0.15) is 0 Å². The maximum Gasteiger partial charge on any atom is 0.426 e. The molecule has 0 amide bonds. The summed E-state index contributed by atoms with van der Waals surface area (Å²) in [6.07, 6.45) is -5.31. The molecule has 4 fully saturated rings. The molecule has 11 heteroatoms. The van der Waals surface area contributed by atoms with Crippen molar-refractivity contribution in [3.05, 3.63) is 48.0 Å². The monoisotopic (exact) mass is 684 g/mol. The van der Waals surface area contributed by atoms with Crippen LogP contribution >= 0.6 is 0 Å². The lowest BCUT2D eigenvalue weighted by molar-refractivity contribution is -0.357. The summed E-state index contributed by atoms with van der Waals surface area (Å²) < 4.78 is 53.9. The van der Waals surface area contributed by atoms with Crippen molar-refractivity contribution < 1.29 is 53.3 Å². The van der Waals surface area contributed by atoms with Gasteiger partial charge in [-0.15, -0.1) is 0 Å². The zero-order valence-corrected chi connectivity index (χ0v) is 28.8. The van der Waals surface area contributed by atoms with Crippen LogP contribution in [0.4, 0.5) is 13.2 Å². The lowest BCUT2D eigenvalue weighted by Gasteiger charge is -2.66. The van der Waals surface area contributed by atoms with Gasteiger partial charge in [0, 0.05) is 31.3 Å². The third-order valence-electron chi connectivity index (χ3n) is 13.5. The molecule has 0 saturated heterocycles. The molecule has 0 radical (unpaired) electrons. The van der Waals surface area contributed by atoms with E-state index in [1.165, 1.54) is 24.3 Å². The molecule has 4 aliphatic rings. The molecule has 4 unspecified atom stereocenters. The highest BCUT2D eigenvalue weighted by Gasteiger charge is 2.71. The van der Waals surface area contributed by atoms with Crippen molar-refractivity contribution in [2.24, 2.45) is 46.3 Å². The predicted octanol–water partition coefficient (Wildman–Crippen LogP) is 4.69. The highest BCUT2D eigenvalue weighted by atomic mass is 19.4. The average Bonchev–Trinajstić information content (AvgIpc) is 3.29. The number of rotatable bonds is 9. The summed E-state index contributed by atoms with van der Waals surface area (Å²) in [5.41, 5.74) is -5.77. The maximum atomic E-state index is 14.4. The van der Waals surface area contributed by atoms with Crippen LogP contribution in [0, 0.1) is 46.3 Å². The smallest absolute Gasteiger partial charge is 0.393 e. The van der Waals surface area contributed by atoms with Crippen LogP contribution in [0.15, 0.2) is 42.5 Å². The lowest BCUT2D eigenvalue weighted by Crippen LogP contribution is -2.70. The number of aliphatic hydroxyl groups excluding tert-OH is 5. The fourth-order valence-corrected chi connectivity index (χ4v) is 11.0. The van der Waals surface area contributed by atoms with Crippen LogP contribution in [0.1, 0.15) is 78.7 Å². The van der Waals surface area contributed by atoms with Gasteiger partial charge in [-0.2, -0.15) is 13.2 Å². The second-order valence-electron chi connectivity index (χ2n) is 16.0. The first kappa shape index (κ1) is 37.7. The van der Waals surface area contributed by atoms with E-state index in [2.05, 4.69) is 6.92 Å². The molecular formula is C37H55F3O8. The summed E-state index contributed by atoms with van der Waals surface area (Å²) >= 11 is 0. The van der Waals surface area contributed by atoms with Crippen LogP contribution in [0.3, 0.4) is 0 Å². The number of benzene rings is 1. The molecule has 5 rings (SSSR count). The van der Waals surface area contributed by atoms with Gasteiger partial charge in [-0.05, 0) is 73.2 Å². The van der Waals surface area contributed by atoms with E-state index in [4.69, 9.17) is 9.47 Å². The molecule has 4 aliphatic carbocycles. The van der Waals surface area contributed by atoms with Crippen LogP contribution in [0.2, 0.25) is 0 Å². The SMILES string of the molecule is CO[C@@](c1ccccc1)(C(O)O[C@H](C)C(C)/C=C/[C@@H](C)[C@H]1C[C@@H](O)C2[C@]1(C)CC[C@@H]1[C@@]3(C)CC[C@H](O)[C@H](O)C3[C@@H](O)C[C@@]21O)C(F)(F)F. The summed E-state index contributed by atoms with van der Waals surface area (Å²) in [4.78, 5) is 0. The number of hydrogen-bond acceptors (Lipinski definition) is 8. The van der Waals surface area contributed by atoms with Crippen LogP contribution in [-0.4, -0.2) is 86.3 Å². The first-order valence-electron chi connectivity index (χ1n) is 17.4. The molecule has 1 aromatic rings. The molecule has 0 bridgehead atoms. The van der Waals surface area contributed by atoms with Crippen molar-refractivity contribution in [1.82, 2.24) is 0 Å². The van der Waals surface area contributed by atoms with E-state index in [9.17, 15) is 43.8 Å². The van der Waals surface area contributed by atoms with Crippen molar-refractivity contribution in [3.63, 3.8) is 0 Å². The van der Waals surface area contributed by atoms with Crippen LogP contribution in [0.5, 0.6) is 0 Å². The number of halogens is 3. The standard InChI is InChI=1S/C37H55F3O8/c1-20(22(3)48-32(45)36(47-6,37(38,39)40)23-10-8-7-9-11-23)12-13-21(2)24-18-26(42)31-33(24,4)17-15-28-34(5)16-14-25(41)30(44)29(34)27(43)19-35(28,31)46/h7-13,20-22,24-32,41-46H,14-19H2,1-6H3/b13-12+/t20?,21-,22-,24-,25+,26-,27+,28-,29?,30+,31?,32?,33-,34-,35+,36+/m1/s1. The van der Waals surface area contributed by atoms with E-state index in [0.717, 1.165) is 13.5 Å². The Morgan fingerprint density at radius 2 is 1.52 bits per heavy atom. The first-order chi connectivity index (χ1) is 22.3. The van der Waals surface area contributed by atoms with Gasteiger partial charge in [0.2, 0.25) is 5.60 Å². The van der Waals surface area contributed by atoms with E-state index in [-0.39, 0.29) is 29.7 Å². The van der Waals surface area contributed by atoms with Crippen molar-refractivity contribution in [2.75, 3.05) is 7.11 Å². The van der Waals surface area contributed by atoms with Crippen molar-refractivity contribution in [2.45, 2.75) is 127 Å². The molecule has 1 aromatic carbocycles. The van der Waals surface area contributed by atoms with E-state index in [1.54, 1.807) is 19.9 Å². The number of hydrogen-bond donors (Lipinski definition) is 6.